The molecular weight excluding hydrogens is 98.9 g/mol. The molecule has 1 radical (unpaired) electrons. The van der Waals surface area contributed by atoms with E-state index in [1.165, 1.54) is 0 Å². The van der Waals surface area contributed by atoms with Gasteiger partial charge in [0, 0.05) is 0 Å². The lowest BCUT2D eigenvalue weighted by Crippen LogP contribution is -1.81. The summed E-state index contributed by atoms with van der Waals surface area (Å²) in [5.41, 5.74) is 0. The van der Waals surface area contributed by atoms with E-state index in [2.05, 4.69) is 12.7 Å². The fourth-order valence-corrected chi connectivity index (χ4v) is 0.517. The molecule has 1 aromatic carbocycles. The molecule has 0 aliphatic heterocycles. The molecule has 0 atom stereocenters. The highest BCUT2D eigenvalue weighted by Crippen LogP contribution is 2.05. The zero-order valence-corrected chi connectivity index (χ0v) is 4.50. The van der Waals surface area contributed by atoms with Gasteiger partial charge in [-0.15, -0.1) is 0 Å². The maximum Gasteiger partial charge on any atom is 0.348 e. The maximum atomic E-state index is 4.66. The third kappa shape index (κ3) is 1.03. The fraction of sp³-hybridized carbons (Fsp3) is 0. The van der Waals surface area contributed by atoms with Gasteiger partial charge < -0.3 is 4.65 Å². The first-order chi connectivity index (χ1) is 3.93. The summed E-state index contributed by atoms with van der Waals surface area (Å²) in [6, 6.07) is 9.45. The number of rotatable bonds is 1. The molecule has 0 aliphatic rings. The molecule has 0 aliphatic carbocycles. The molecule has 1 rings (SSSR count). The van der Waals surface area contributed by atoms with Gasteiger partial charge in [0.15, 0.2) is 0 Å². The molecule has 0 saturated heterocycles. The zero-order valence-electron chi connectivity index (χ0n) is 4.50. The molecule has 2 heteroatoms. The molecule has 0 spiro atoms. The summed E-state index contributed by atoms with van der Waals surface area (Å²) in [4.78, 5) is 0. The van der Waals surface area contributed by atoms with Crippen molar-refractivity contribution in [1.82, 2.24) is 0 Å². The van der Waals surface area contributed by atoms with Gasteiger partial charge in [0.1, 0.15) is 0 Å². The average molecular weight is 105 g/mol. The van der Waals surface area contributed by atoms with E-state index in [0.717, 1.165) is 5.75 Å². The molecular formula is C6H6BO. The monoisotopic (exact) mass is 105 g/mol. The lowest BCUT2D eigenvalue weighted by Gasteiger charge is -1.94. The zero-order chi connectivity index (χ0) is 5.82. The van der Waals surface area contributed by atoms with Gasteiger partial charge in [-0.25, -0.2) is 0 Å². The van der Waals surface area contributed by atoms with Crippen LogP contribution in [0.2, 0.25) is 0 Å². The van der Waals surface area contributed by atoms with Gasteiger partial charge in [0.25, 0.3) is 0 Å². The minimum atomic E-state index is 0.799. The summed E-state index contributed by atoms with van der Waals surface area (Å²) in [6.45, 7) is 0. The van der Waals surface area contributed by atoms with Crippen molar-refractivity contribution in [2.75, 3.05) is 0 Å². The first-order valence-corrected chi connectivity index (χ1v) is 2.40. The predicted molar refractivity (Wildman–Crippen MR) is 34.2 cm³/mol. The summed E-state index contributed by atoms with van der Waals surface area (Å²) < 4.78 is 4.66. The topological polar surface area (TPSA) is 9.23 Å². The van der Waals surface area contributed by atoms with Crippen LogP contribution in [0, 0.1) is 0 Å². The van der Waals surface area contributed by atoms with E-state index in [1.807, 2.05) is 30.3 Å². The number of benzene rings is 1. The molecule has 8 heavy (non-hydrogen) atoms. The Morgan fingerprint density at radius 1 is 1.12 bits per heavy atom. The van der Waals surface area contributed by atoms with Gasteiger partial charge in [0.05, 0.1) is 5.75 Å². The van der Waals surface area contributed by atoms with E-state index in [-0.39, 0.29) is 0 Å². The van der Waals surface area contributed by atoms with E-state index in [9.17, 15) is 0 Å². The van der Waals surface area contributed by atoms with Crippen LogP contribution in [-0.4, -0.2) is 8.05 Å². The van der Waals surface area contributed by atoms with Crippen molar-refractivity contribution in [2.45, 2.75) is 0 Å². The van der Waals surface area contributed by atoms with Crippen molar-refractivity contribution in [1.29, 1.82) is 0 Å². The Balaban J connectivity index is 2.83. The van der Waals surface area contributed by atoms with Crippen LogP contribution in [0.1, 0.15) is 0 Å². The minimum absolute atomic E-state index is 0.799. The smallest absolute Gasteiger partial charge is 0.348 e. The summed E-state index contributed by atoms with van der Waals surface area (Å²) in [7, 11) is 3.26. The second kappa shape index (κ2) is 2.41. The molecule has 0 saturated carbocycles. The molecule has 0 N–H and O–H groups in total. The van der Waals surface area contributed by atoms with E-state index in [1.54, 1.807) is 0 Å². The first-order valence-electron chi connectivity index (χ1n) is 2.40. The van der Waals surface area contributed by atoms with E-state index < -0.39 is 0 Å². The summed E-state index contributed by atoms with van der Waals surface area (Å²) in [5, 5.41) is 0. The van der Waals surface area contributed by atoms with Crippen LogP contribution in [0.3, 0.4) is 0 Å². The third-order valence-electron chi connectivity index (χ3n) is 0.910. The minimum Gasteiger partial charge on any atom is -0.567 e. The van der Waals surface area contributed by atoms with Gasteiger partial charge in [-0.05, 0) is 12.1 Å². The van der Waals surface area contributed by atoms with Gasteiger partial charge in [-0.2, -0.15) is 0 Å². The largest absolute Gasteiger partial charge is 0.567 e. The lowest BCUT2D eigenvalue weighted by molar-refractivity contribution is 0.616. The van der Waals surface area contributed by atoms with Crippen LogP contribution >= 0.6 is 0 Å². The maximum absolute atomic E-state index is 4.66. The Labute approximate surface area is 49.7 Å². The van der Waals surface area contributed by atoms with Crippen molar-refractivity contribution in [2.24, 2.45) is 0 Å². The molecule has 39 valence electrons. The average Bonchev–Trinajstić information content (AvgIpc) is 1.90. The van der Waals surface area contributed by atoms with Gasteiger partial charge in [0.2, 0.25) is 0 Å². The lowest BCUT2D eigenvalue weighted by atomic mass is 10.3. The summed E-state index contributed by atoms with van der Waals surface area (Å²) in [6.07, 6.45) is 0. The molecule has 1 aromatic rings. The van der Waals surface area contributed by atoms with Gasteiger partial charge in [-0.3, -0.25) is 0 Å². The second-order valence-electron chi connectivity index (χ2n) is 1.46. The van der Waals surface area contributed by atoms with Crippen LogP contribution in [0.25, 0.3) is 0 Å². The standard InChI is InChI=1S/C6H6BO/c7-8-6-4-2-1-3-5-6/h1-5,7H. The molecule has 0 fully saturated rings. The highest BCUT2D eigenvalue weighted by molar-refractivity contribution is 5.99. The number of hydrogen-bond donors (Lipinski definition) is 0. The Morgan fingerprint density at radius 3 is 2.12 bits per heavy atom. The van der Waals surface area contributed by atoms with Crippen molar-refractivity contribution in [3.05, 3.63) is 30.3 Å². The second-order valence-corrected chi connectivity index (χ2v) is 1.46. The van der Waals surface area contributed by atoms with Crippen LogP contribution in [0.5, 0.6) is 5.75 Å². The first kappa shape index (κ1) is 5.23. The van der Waals surface area contributed by atoms with Crippen molar-refractivity contribution >= 4 is 8.05 Å². The Kier molecular flexibility index (Phi) is 1.57. The highest BCUT2D eigenvalue weighted by Gasteiger charge is 1.79. The van der Waals surface area contributed by atoms with Crippen LogP contribution in [0.4, 0.5) is 0 Å². The molecule has 0 amide bonds. The van der Waals surface area contributed by atoms with Gasteiger partial charge in [-0.1, -0.05) is 18.2 Å². The Bertz CT molecular complexity index is 150. The molecule has 1 nitrogen and oxygen atoms in total. The van der Waals surface area contributed by atoms with Crippen molar-refractivity contribution in [3.8, 4) is 5.75 Å². The molecule has 0 aromatic heterocycles. The normalized spacial score (nSPS) is 8.50. The fourth-order valence-electron chi connectivity index (χ4n) is 0.517. The predicted octanol–water partition coefficient (Wildman–Crippen LogP) is 0.881. The Hall–Kier alpha value is -0.915. The summed E-state index contributed by atoms with van der Waals surface area (Å²) >= 11 is 0. The highest BCUT2D eigenvalue weighted by atomic mass is 16.4. The van der Waals surface area contributed by atoms with Crippen LogP contribution < -0.4 is 4.65 Å². The molecule has 0 unspecified atom stereocenters. The van der Waals surface area contributed by atoms with E-state index in [4.69, 9.17) is 0 Å². The van der Waals surface area contributed by atoms with Crippen LogP contribution in [-0.2, 0) is 0 Å². The van der Waals surface area contributed by atoms with E-state index >= 15 is 0 Å². The Morgan fingerprint density at radius 2 is 1.75 bits per heavy atom. The van der Waals surface area contributed by atoms with E-state index in [0.29, 0.717) is 0 Å². The number of para-hydroxylation sites is 1. The van der Waals surface area contributed by atoms with Crippen molar-refractivity contribution in [3.63, 3.8) is 0 Å². The molecule has 0 bridgehead atoms. The number of hydrogen-bond acceptors (Lipinski definition) is 1. The SMILES string of the molecule is [BH]Oc1ccccc1. The third-order valence-corrected chi connectivity index (χ3v) is 0.910. The quantitative estimate of drug-likeness (QED) is 0.481. The van der Waals surface area contributed by atoms with Crippen molar-refractivity contribution < 1.29 is 4.65 Å². The molecule has 0 heterocycles. The summed E-state index contributed by atoms with van der Waals surface area (Å²) in [5.74, 6) is 0.799. The van der Waals surface area contributed by atoms with Crippen LogP contribution in [0.15, 0.2) is 30.3 Å². The van der Waals surface area contributed by atoms with Gasteiger partial charge >= 0.3 is 8.05 Å².